The molecule has 2 aromatic carbocycles. The molecule has 2 atom stereocenters. The highest BCUT2D eigenvalue weighted by Gasteiger charge is 2.40. The number of aliphatic hydroxyl groups excluding tert-OH is 1. The average molecular weight is 474 g/mol. The third kappa shape index (κ3) is 5.14. The molecule has 182 valence electrons. The van der Waals surface area contributed by atoms with Gasteiger partial charge in [0.2, 0.25) is 0 Å². The average Bonchev–Trinajstić information content (AvgIpc) is 3.16. The summed E-state index contributed by atoms with van der Waals surface area (Å²) in [5.74, 6) is -2.31. The summed E-state index contributed by atoms with van der Waals surface area (Å²) in [6, 6.07) is 7.26. The summed E-state index contributed by atoms with van der Waals surface area (Å²) >= 11 is 0. The third-order valence-corrected chi connectivity index (χ3v) is 5.76. The van der Waals surface area contributed by atoms with Crippen LogP contribution in [0.5, 0.6) is 5.75 Å². The number of hydrogen-bond acceptors (Lipinski definition) is 7. The Morgan fingerprint density at radius 1 is 1.29 bits per heavy atom. The number of carbonyl (C=O) groups is 2. The number of hydrogen-bond donors (Lipinski definition) is 3. The second kappa shape index (κ2) is 10.8. The van der Waals surface area contributed by atoms with E-state index >= 15 is 0 Å². The Balaban J connectivity index is 1.62. The van der Waals surface area contributed by atoms with Crippen LogP contribution >= 0.6 is 0 Å². The van der Waals surface area contributed by atoms with E-state index in [-0.39, 0.29) is 36.6 Å². The molecule has 2 unspecified atom stereocenters. The molecule has 3 N–H and O–H groups in total. The first-order valence-corrected chi connectivity index (χ1v) is 11.2. The molecule has 10 heteroatoms. The van der Waals surface area contributed by atoms with Crippen molar-refractivity contribution in [1.82, 2.24) is 4.90 Å². The lowest BCUT2D eigenvalue weighted by atomic mass is 10.0. The Kier molecular flexibility index (Phi) is 7.61. The van der Waals surface area contributed by atoms with Gasteiger partial charge in [0.1, 0.15) is 11.6 Å². The smallest absolute Gasteiger partial charge is 0.331 e. The van der Waals surface area contributed by atoms with Gasteiger partial charge in [0, 0.05) is 25.1 Å². The van der Waals surface area contributed by atoms with Crippen LogP contribution in [0.15, 0.2) is 36.4 Å². The number of nitrogens with one attached hydrogen (secondary N) is 1. The fourth-order valence-corrected chi connectivity index (χ4v) is 4.16. The van der Waals surface area contributed by atoms with Crippen LogP contribution in [0, 0.1) is 5.82 Å². The van der Waals surface area contributed by atoms with Gasteiger partial charge in [-0.1, -0.05) is 12.1 Å². The van der Waals surface area contributed by atoms with Gasteiger partial charge in [0.25, 0.3) is 5.91 Å². The number of aliphatic hydroxyl groups is 1. The Bertz CT molecular complexity index is 1040. The summed E-state index contributed by atoms with van der Waals surface area (Å²) in [6.45, 7) is 0.737. The highest BCUT2D eigenvalue weighted by Crippen LogP contribution is 2.39. The number of rotatable bonds is 10. The van der Waals surface area contributed by atoms with Crippen LogP contribution in [0.3, 0.4) is 0 Å². The predicted octanol–water partition coefficient (Wildman–Crippen LogP) is 3.24. The topological polar surface area (TPSA) is 118 Å². The Hall–Kier alpha value is -3.21. The number of ether oxygens (including phenoxy) is 2. The maximum atomic E-state index is 14.2. The van der Waals surface area contributed by atoms with Crippen molar-refractivity contribution in [3.8, 4) is 5.75 Å². The van der Waals surface area contributed by atoms with E-state index in [1.54, 1.807) is 18.2 Å². The van der Waals surface area contributed by atoms with E-state index in [0.717, 1.165) is 18.9 Å². The number of fused-ring (bicyclic) bond motifs is 1. The lowest BCUT2D eigenvalue weighted by Gasteiger charge is -2.29. The number of carboxylic acids is 1. The minimum absolute atomic E-state index is 0.0210. The van der Waals surface area contributed by atoms with E-state index < -0.39 is 30.0 Å². The molecule has 0 spiro atoms. The first-order chi connectivity index (χ1) is 16.5. The van der Waals surface area contributed by atoms with E-state index in [1.165, 1.54) is 17.0 Å². The molecule has 4 rings (SSSR count). The third-order valence-electron chi connectivity index (χ3n) is 5.76. The molecular weight excluding hydrogens is 447 g/mol. The highest BCUT2D eigenvalue weighted by molar-refractivity contribution is 6.05. The fraction of sp³-hybridized carbons (Fsp3) is 0.417. The molecule has 1 fully saturated rings. The monoisotopic (exact) mass is 474 g/mol. The number of nitrogens with zero attached hydrogens (tertiary/aromatic N) is 1. The number of carboxylic acid groups (broad SMARTS) is 1. The van der Waals surface area contributed by atoms with Gasteiger partial charge in [0.05, 0.1) is 24.5 Å². The maximum Gasteiger partial charge on any atom is 0.331 e. The van der Waals surface area contributed by atoms with Gasteiger partial charge in [-0.2, -0.15) is 0 Å². The van der Waals surface area contributed by atoms with Crippen LogP contribution < -0.4 is 10.2 Å². The van der Waals surface area contributed by atoms with Crippen molar-refractivity contribution < 1.29 is 38.5 Å². The molecule has 1 amide bonds. The second-order valence-corrected chi connectivity index (χ2v) is 8.14. The summed E-state index contributed by atoms with van der Waals surface area (Å²) in [4.78, 5) is 32.3. The Morgan fingerprint density at radius 2 is 2.15 bits per heavy atom. The minimum Gasteiger partial charge on any atom is -0.479 e. The first-order valence-electron chi connectivity index (χ1n) is 11.2. The Labute approximate surface area is 196 Å². The molecule has 0 radical (unpaired) electrons. The van der Waals surface area contributed by atoms with Crippen LogP contribution in [0.1, 0.15) is 53.2 Å². The standard InChI is InChI=1S/C24H27FN2O7/c25-16-8-9-19(34-20-7-1-2-11-32-20)17(13-16)22(24(30)31)27-14-15-5-3-6-18(21(15)23(27)29)26-33-12-4-10-28/h3,5-6,8-9,13,20,22,26,28H,1-2,4,7,10-12,14H2,(H,30,31). The summed E-state index contributed by atoms with van der Waals surface area (Å²) < 4.78 is 25.7. The number of anilines is 1. The van der Waals surface area contributed by atoms with Crippen LogP contribution in [-0.2, 0) is 20.9 Å². The van der Waals surface area contributed by atoms with Crippen molar-refractivity contribution in [2.45, 2.75) is 44.6 Å². The molecule has 0 bridgehead atoms. The molecule has 1 saturated heterocycles. The zero-order valence-corrected chi connectivity index (χ0v) is 18.5. The van der Waals surface area contributed by atoms with Gasteiger partial charge in [0.15, 0.2) is 12.3 Å². The summed E-state index contributed by atoms with van der Waals surface area (Å²) in [5, 5.41) is 19.0. The number of benzene rings is 2. The molecule has 2 aliphatic rings. The minimum atomic E-state index is -1.47. The molecule has 0 aliphatic carbocycles. The van der Waals surface area contributed by atoms with E-state index in [1.807, 2.05) is 0 Å². The van der Waals surface area contributed by atoms with Gasteiger partial charge in [-0.3, -0.25) is 15.1 Å². The predicted molar refractivity (Wildman–Crippen MR) is 119 cm³/mol. The molecule has 0 saturated carbocycles. The number of carbonyl (C=O) groups excluding carboxylic acids is 1. The zero-order chi connectivity index (χ0) is 24.1. The van der Waals surface area contributed by atoms with Gasteiger partial charge in [-0.25, -0.2) is 9.18 Å². The van der Waals surface area contributed by atoms with Crippen molar-refractivity contribution in [2.24, 2.45) is 0 Å². The normalized spacial score (nSPS) is 18.5. The summed E-state index contributed by atoms with van der Waals surface area (Å²) in [7, 11) is 0. The summed E-state index contributed by atoms with van der Waals surface area (Å²) in [6.07, 6.45) is 2.30. The van der Waals surface area contributed by atoms with Gasteiger partial charge < -0.3 is 24.6 Å². The van der Waals surface area contributed by atoms with Gasteiger partial charge in [-0.15, -0.1) is 0 Å². The van der Waals surface area contributed by atoms with Crippen molar-refractivity contribution in [1.29, 1.82) is 0 Å². The molecule has 2 aromatic rings. The van der Waals surface area contributed by atoms with E-state index in [2.05, 4.69) is 5.48 Å². The second-order valence-electron chi connectivity index (χ2n) is 8.14. The molecular formula is C24H27FN2O7. The van der Waals surface area contributed by atoms with Crippen molar-refractivity contribution in [3.05, 3.63) is 58.9 Å². The molecule has 2 heterocycles. The number of halogens is 1. The van der Waals surface area contributed by atoms with Crippen LogP contribution in [0.2, 0.25) is 0 Å². The molecule has 0 aromatic heterocycles. The molecule has 9 nitrogen and oxygen atoms in total. The van der Waals surface area contributed by atoms with Crippen molar-refractivity contribution >= 4 is 17.6 Å². The largest absolute Gasteiger partial charge is 0.479 e. The molecule has 34 heavy (non-hydrogen) atoms. The van der Waals surface area contributed by atoms with Crippen molar-refractivity contribution in [3.63, 3.8) is 0 Å². The van der Waals surface area contributed by atoms with E-state index in [9.17, 15) is 19.1 Å². The lowest BCUT2D eigenvalue weighted by molar-refractivity contribution is -0.143. The van der Waals surface area contributed by atoms with E-state index in [4.69, 9.17) is 19.4 Å². The Morgan fingerprint density at radius 3 is 2.88 bits per heavy atom. The van der Waals surface area contributed by atoms with Crippen molar-refractivity contribution in [2.75, 3.05) is 25.3 Å². The van der Waals surface area contributed by atoms with Crippen LogP contribution in [0.4, 0.5) is 10.1 Å². The highest BCUT2D eigenvalue weighted by atomic mass is 19.1. The van der Waals surface area contributed by atoms with Gasteiger partial charge in [-0.05, 0) is 49.1 Å². The number of aliphatic carboxylic acids is 1. The van der Waals surface area contributed by atoms with Crippen LogP contribution in [0.25, 0.3) is 0 Å². The first kappa shape index (κ1) is 23.9. The van der Waals surface area contributed by atoms with Gasteiger partial charge >= 0.3 is 5.97 Å². The van der Waals surface area contributed by atoms with Crippen LogP contribution in [-0.4, -0.2) is 53.1 Å². The number of amides is 1. The zero-order valence-electron chi connectivity index (χ0n) is 18.5. The SMILES string of the molecule is O=C(O)C(c1cc(F)ccc1OC1CCCCO1)N1Cc2cccc(NOCCCO)c2C1=O. The maximum absolute atomic E-state index is 14.2. The fourth-order valence-electron chi connectivity index (χ4n) is 4.16. The molecule has 2 aliphatic heterocycles. The quantitative estimate of drug-likeness (QED) is 0.355. The lowest BCUT2D eigenvalue weighted by Crippen LogP contribution is -2.35. The van der Waals surface area contributed by atoms with E-state index in [0.29, 0.717) is 30.7 Å². The summed E-state index contributed by atoms with van der Waals surface area (Å²) in [5.41, 5.74) is 4.03.